The van der Waals surface area contributed by atoms with Crippen LogP contribution in [0.5, 0.6) is 0 Å². The van der Waals surface area contributed by atoms with E-state index in [0.717, 1.165) is 11.3 Å². The van der Waals surface area contributed by atoms with Crippen LogP contribution in [0.15, 0.2) is 41.6 Å². The number of nitrogens with one attached hydrogen (secondary N) is 2. The number of aromatic nitrogens is 2. The number of nitrogens with zero attached hydrogens (tertiary/aromatic N) is 2. The SMILES string of the molecule is CNCc1cccc(S(=O)(=O)NCc2cnc(C)cn2)c1. The second kappa shape index (κ2) is 6.75. The molecule has 0 saturated carbocycles. The Balaban J connectivity index is 2.11. The van der Waals surface area contributed by atoms with Gasteiger partial charge < -0.3 is 5.32 Å². The van der Waals surface area contributed by atoms with E-state index in [9.17, 15) is 8.42 Å². The van der Waals surface area contributed by atoms with Crippen molar-refractivity contribution in [2.75, 3.05) is 7.05 Å². The van der Waals surface area contributed by atoms with Crippen LogP contribution in [0.2, 0.25) is 0 Å². The lowest BCUT2D eigenvalue weighted by Crippen LogP contribution is -2.24. The third-order valence-corrected chi connectivity index (χ3v) is 4.27. The molecule has 0 aliphatic carbocycles. The standard InChI is InChI=1S/C14H18N4O2S/c1-11-7-17-13(9-16-11)10-18-21(19,20)14-5-3-4-12(6-14)8-15-2/h3-7,9,15,18H,8,10H2,1-2H3. The summed E-state index contributed by atoms with van der Waals surface area (Å²) in [5, 5.41) is 2.99. The maximum atomic E-state index is 12.2. The second-order valence-corrected chi connectivity index (χ2v) is 6.42. The van der Waals surface area contributed by atoms with Crippen LogP contribution >= 0.6 is 0 Å². The summed E-state index contributed by atoms with van der Waals surface area (Å²) in [6, 6.07) is 6.83. The molecule has 2 rings (SSSR count). The fourth-order valence-electron chi connectivity index (χ4n) is 1.79. The van der Waals surface area contributed by atoms with E-state index in [1.54, 1.807) is 30.6 Å². The van der Waals surface area contributed by atoms with Gasteiger partial charge in [-0.05, 0) is 31.7 Å². The molecular weight excluding hydrogens is 288 g/mol. The highest BCUT2D eigenvalue weighted by Gasteiger charge is 2.14. The zero-order valence-electron chi connectivity index (χ0n) is 12.0. The third-order valence-electron chi connectivity index (χ3n) is 2.87. The quantitative estimate of drug-likeness (QED) is 0.831. The molecule has 0 atom stereocenters. The normalized spacial score (nSPS) is 11.5. The van der Waals surface area contributed by atoms with Gasteiger partial charge in [0.05, 0.1) is 29.0 Å². The molecule has 7 heteroatoms. The van der Waals surface area contributed by atoms with Gasteiger partial charge in [0.1, 0.15) is 0 Å². The molecule has 112 valence electrons. The van der Waals surface area contributed by atoms with Gasteiger partial charge in [0.15, 0.2) is 0 Å². The third kappa shape index (κ3) is 4.32. The lowest BCUT2D eigenvalue weighted by Gasteiger charge is -2.08. The van der Waals surface area contributed by atoms with Gasteiger partial charge in [0.2, 0.25) is 10.0 Å². The summed E-state index contributed by atoms with van der Waals surface area (Å²) in [5.74, 6) is 0. The van der Waals surface area contributed by atoms with Gasteiger partial charge in [-0.3, -0.25) is 9.97 Å². The average Bonchev–Trinajstić information content (AvgIpc) is 2.47. The Bertz CT molecular complexity index is 699. The molecule has 1 aromatic heterocycles. The van der Waals surface area contributed by atoms with E-state index in [1.807, 2.05) is 20.0 Å². The average molecular weight is 306 g/mol. The van der Waals surface area contributed by atoms with Crippen molar-refractivity contribution >= 4 is 10.0 Å². The van der Waals surface area contributed by atoms with Gasteiger partial charge >= 0.3 is 0 Å². The molecule has 0 bridgehead atoms. The zero-order valence-corrected chi connectivity index (χ0v) is 12.8. The lowest BCUT2D eigenvalue weighted by molar-refractivity contribution is 0.580. The maximum absolute atomic E-state index is 12.2. The Kier molecular flexibility index (Phi) is 5.00. The Hall–Kier alpha value is -1.83. The molecule has 0 fully saturated rings. The van der Waals surface area contributed by atoms with Crippen LogP contribution in [0.1, 0.15) is 17.0 Å². The van der Waals surface area contributed by atoms with Crippen molar-refractivity contribution in [3.8, 4) is 0 Å². The van der Waals surface area contributed by atoms with Gasteiger partial charge in [-0.15, -0.1) is 0 Å². The van der Waals surface area contributed by atoms with E-state index in [2.05, 4.69) is 20.0 Å². The summed E-state index contributed by atoms with van der Waals surface area (Å²) in [6.07, 6.45) is 3.17. The summed E-state index contributed by atoms with van der Waals surface area (Å²) in [5.41, 5.74) is 2.28. The van der Waals surface area contributed by atoms with Gasteiger partial charge in [-0.2, -0.15) is 0 Å². The maximum Gasteiger partial charge on any atom is 0.240 e. The molecular formula is C14H18N4O2S. The van der Waals surface area contributed by atoms with Crippen LogP contribution < -0.4 is 10.0 Å². The Labute approximate surface area is 124 Å². The first-order valence-corrected chi connectivity index (χ1v) is 8.00. The number of aryl methyl sites for hydroxylation is 1. The first kappa shape index (κ1) is 15.6. The predicted molar refractivity (Wildman–Crippen MR) is 80.0 cm³/mol. The molecule has 0 spiro atoms. The minimum Gasteiger partial charge on any atom is -0.316 e. The summed E-state index contributed by atoms with van der Waals surface area (Å²) in [6.45, 7) is 2.56. The molecule has 2 aromatic rings. The number of sulfonamides is 1. The fraction of sp³-hybridized carbons (Fsp3) is 0.286. The van der Waals surface area contributed by atoms with Crippen molar-refractivity contribution in [3.05, 3.63) is 53.6 Å². The van der Waals surface area contributed by atoms with Crippen LogP contribution in [0.25, 0.3) is 0 Å². The van der Waals surface area contributed by atoms with E-state index in [4.69, 9.17) is 0 Å². The van der Waals surface area contributed by atoms with E-state index in [1.165, 1.54) is 0 Å². The Morgan fingerprint density at radius 3 is 2.62 bits per heavy atom. The first-order chi connectivity index (χ1) is 10.0. The molecule has 0 saturated heterocycles. The molecule has 0 amide bonds. The molecule has 0 aliphatic heterocycles. The minimum absolute atomic E-state index is 0.117. The molecule has 21 heavy (non-hydrogen) atoms. The van der Waals surface area contributed by atoms with Crippen LogP contribution in [0.4, 0.5) is 0 Å². The summed E-state index contributed by atoms with van der Waals surface area (Å²) in [4.78, 5) is 8.45. The van der Waals surface area contributed by atoms with Crippen molar-refractivity contribution in [2.24, 2.45) is 0 Å². The molecule has 1 heterocycles. The highest BCUT2D eigenvalue weighted by atomic mass is 32.2. The summed E-state index contributed by atoms with van der Waals surface area (Å²) < 4.78 is 27.0. The number of rotatable bonds is 6. The zero-order chi connectivity index (χ0) is 15.3. The highest BCUT2D eigenvalue weighted by Crippen LogP contribution is 2.11. The number of hydrogen-bond acceptors (Lipinski definition) is 5. The van der Waals surface area contributed by atoms with E-state index < -0.39 is 10.0 Å². The van der Waals surface area contributed by atoms with E-state index >= 15 is 0 Å². The monoisotopic (exact) mass is 306 g/mol. The van der Waals surface area contributed by atoms with Gasteiger partial charge in [-0.1, -0.05) is 12.1 Å². The van der Waals surface area contributed by atoms with E-state index in [0.29, 0.717) is 12.2 Å². The van der Waals surface area contributed by atoms with Crippen LogP contribution in [0.3, 0.4) is 0 Å². The smallest absolute Gasteiger partial charge is 0.240 e. The molecule has 6 nitrogen and oxygen atoms in total. The Morgan fingerprint density at radius 2 is 1.95 bits per heavy atom. The van der Waals surface area contributed by atoms with Crippen LogP contribution in [-0.4, -0.2) is 25.4 Å². The first-order valence-electron chi connectivity index (χ1n) is 6.52. The number of benzene rings is 1. The molecule has 0 radical (unpaired) electrons. The van der Waals surface area contributed by atoms with Crippen molar-refractivity contribution in [1.82, 2.24) is 20.0 Å². The molecule has 2 N–H and O–H groups in total. The fourth-order valence-corrected chi connectivity index (χ4v) is 2.86. The second-order valence-electron chi connectivity index (χ2n) is 4.65. The number of hydrogen-bond donors (Lipinski definition) is 2. The van der Waals surface area contributed by atoms with Crippen LogP contribution in [0, 0.1) is 6.92 Å². The minimum atomic E-state index is -3.55. The lowest BCUT2D eigenvalue weighted by atomic mass is 10.2. The molecule has 0 unspecified atom stereocenters. The predicted octanol–water partition coefficient (Wildman–Crippen LogP) is 0.983. The van der Waals surface area contributed by atoms with Gasteiger partial charge in [0, 0.05) is 12.7 Å². The van der Waals surface area contributed by atoms with Crippen molar-refractivity contribution < 1.29 is 8.42 Å². The van der Waals surface area contributed by atoms with E-state index in [-0.39, 0.29) is 11.4 Å². The molecule has 1 aromatic carbocycles. The summed E-state index contributed by atoms with van der Waals surface area (Å²) >= 11 is 0. The largest absolute Gasteiger partial charge is 0.316 e. The highest BCUT2D eigenvalue weighted by molar-refractivity contribution is 7.89. The van der Waals surface area contributed by atoms with Crippen molar-refractivity contribution in [3.63, 3.8) is 0 Å². The van der Waals surface area contributed by atoms with Gasteiger partial charge in [0.25, 0.3) is 0 Å². The van der Waals surface area contributed by atoms with Crippen LogP contribution in [-0.2, 0) is 23.1 Å². The molecule has 0 aliphatic rings. The van der Waals surface area contributed by atoms with Crippen molar-refractivity contribution in [2.45, 2.75) is 24.9 Å². The Morgan fingerprint density at radius 1 is 1.14 bits per heavy atom. The van der Waals surface area contributed by atoms with Crippen molar-refractivity contribution in [1.29, 1.82) is 0 Å². The van der Waals surface area contributed by atoms with Gasteiger partial charge in [-0.25, -0.2) is 13.1 Å². The summed E-state index contributed by atoms with van der Waals surface area (Å²) in [7, 11) is -1.74. The topological polar surface area (TPSA) is 84.0 Å².